The van der Waals surface area contributed by atoms with Gasteiger partial charge in [-0.3, -0.25) is 14.4 Å². The molecule has 31 heavy (non-hydrogen) atoms. The van der Waals surface area contributed by atoms with Gasteiger partial charge in [-0.05, 0) is 42.8 Å². The van der Waals surface area contributed by atoms with Gasteiger partial charge in [0.05, 0.1) is 37.9 Å². The van der Waals surface area contributed by atoms with Crippen molar-refractivity contribution in [1.82, 2.24) is 0 Å². The number of rotatable bonds is 8. The van der Waals surface area contributed by atoms with E-state index in [0.29, 0.717) is 22.6 Å². The summed E-state index contributed by atoms with van der Waals surface area (Å²) in [5, 5.41) is 0. The van der Waals surface area contributed by atoms with Gasteiger partial charge in [0.25, 0.3) is 5.91 Å². The van der Waals surface area contributed by atoms with E-state index >= 15 is 0 Å². The molecule has 1 amide bonds. The molecule has 0 bridgehead atoms. The number of ketones is 1. The van der Waals surface area contributed by atoms with Crippen LogP contribution in [0.2, 0.25) is 0 Å². The topological polar surface area (TPSA) is 99.2 Å². The second-order valence-corrected chi connectivity index (χ2v) is 6.87. The number of carbonyl (C=O) groups is 4. The Morgan fingerprint density at radius 3 is 2.61 bits per heavy atom. The largest absolute Gasteiger partial charge is 0.482 e. The number of amides is 1. The number of anilines is 1. The molecule has 0 spiro atoms. The number of hydrogen-bond donors (Lipinski definition) is 0. The summed E-state index contributed by atoms with van der Waals surface area (Å²) in [7, 11) is 1.30. The van der Waals surface area contributed by atoms with E-state index in [1.54, 1.807) is 49.4 Å². The lowest BCUT2D eigenvalue weighted by Gasteiger charge is -2.30. The zero-order valence-corrected chi connectivity index (χ0v) is 17.4. The van der Waals surface area contributed by atoms with Gasteiger partial charge in [0.2, 0.25) is 0 Å². The first-order valence-corrected chi connectivity index (χ1v) is 9.86. The van der Waals surface area contributed by atoms with Crippen LogP contribution in [0.1, 0.15) is 46.0 Å². The lowest BCUT2D eigenvalue weighted by molar-refractivity contribution is -0.143. The van der Waals surface area contributed by atoms with Crippen LogP contribution in [0.25, 0.3) is 0 Å². The molecule has 0 fully saturated rings. The number of nitrogens with zero attached hydrogens (tertiary/aromatic N) is 1. The predicted molar refractivity (Wildman–Crippen MR) is 111 cm³/mol. The molecule has 8 heteroatoms. The van der Waals surface area contributed by atoms with E-state index in [1.807, 2.05) is 0 Å². The quantitative estimate of drug-likeness (QED) is 0.474. The maximum absolute atomic E-state index is 12.6. The van der Waals surface area contributed by atoms with Gasteiger partial charge in [0.1, 0.15) is 5.75 Å². The Bertz CT molecular complexity index is 1010. The second kappa shape index (κ2) is 9.88. The molecule has 2 aromatic rings. The molecule has 0 saturated carbocycles. The molecule has 8 nitrogen and oxygen atoms in total. The Morgan fingerprint density at radius 1 is 1.06 bits per heavy atom. The molecule has 2 aromatic carbocycles. The maximum atomic E-state index is 12.6. The van der Waals surface area contributed by atoms with Crippen molar-refractivity contribution in [2.75, 3.05) is 25.2 Å². The summed E-state index contributed by atoms with van der Waals surface area (Å²) in [6, 6.07) is 11.6. The van der Waals surface area contributed by atoms with Gasteiger partial charge < -0.3 is 19.1 Å². The molecule has 3 rings (SSSR count). The summed E-state index contributed by atoms with van der Waals surface area (Å²) in [4.78, 5) is 49.9. The fourth-order valence-electron chi connectivity index (χ4n) is 3.24. The molecule has 0 N–H and O–H groups in total. The first-order chi connectivity index (χ1) is 14.9. The first kappa shape index (κ1) is 22.0. The second-order valence-electron chi connectivity index (χ2n) is 6.87. The fourth-order valence-corrected chi connectivity index (χ4v) is 3.24. The standard InChI is InChI=1S/C23H23NO7/c1-3-30-22(27)10-8-19(25)16-7-9-20-18(12-16)24(21(26)14-31-20)13-15-5-4-6-17(11-15)23(28)29-2/h4-7,9,11-12H,3,8,10,13-14H2,1-2H3. The van der Waals surface area contributed by atoms with Gasteiger partial charge in [0, 0.05) is 12.0 Å². The molecule has 0 aromatic heterocycles. The van der Waals surface area contributed by atoms with Gasteiger partial charge in [-0.1, -0.05) is 12.1 Å². The van der Waals surface area contributed by atoms with E-state index in [4.69, 9.17) is 14.2 Å². The van der Waals surface area contributed by atoms with Crippen LogP contribution in [-0.4, -0.2) is 44.0 Å². The third-order valence-corrected chi connectivity index (χ3v) is 4.77. The van der Waals surface area contributed by atoms with Crippen molar-refractivity contribution < 1.29 is 33.4 Å². The number of fused-ring (bicyclic) bond motifs is 1. The highest BCUT2D eigenvalue weighted by molar-refractivity contribution is 6.02. The van der Waals surface area contributed by atoms with Gasteiger partial charge in [-0.25, -0.2) is 4.79 Å². The minimum atomic E-state index is -0.468. The summed E-state index contributed by atoms with van der Waals surface area (Å²) >= 11 is 0. The Hall–Kier alpha value is -3.68. The van der Waals surface area contributed by atoms with E-state index in [1.165, 1.54) is 12.0 Å². The summed E-state index contributed by atoms with van der Waals surface area (Å²) in [6.45, 7) is 2.04. The fraction of sp³-hybridized carbons (Fsp3) is 0.304. The molecule has 0 atom stereocenters. The van der Waals surface area contributed by atoms with Crippen LogP contribution in [0, 0.1) is 0 Å². The molecular weight excluding hydrogens is 402 g/mol. The molecular formula is C23H23NO7. The smallest absolute Gasteiger partial charge is 0.337 e. The summed E-state index contributed by atoms with van der Waals surface area (Å²) in [5.74, 6) is -0.927. The summed E-state index contributed by atoms with van der Waals surface area (Å²) in [5.41, 5.74) is 1.93. The van der Waals surface area contributed by atoms with Crippen molar-refractivity contribution in [3.63, 3.8) is 0 Å². The summed E-state index contributed by atoms with van der Waals surface area (Å²) in [6.07, 6.45) is -0.00315. The van der Waals surface area contributed by atoms with Crippen molar-refractivity contribution in [3.05, 3.63) is 59.2 Å². The van der Waals surface area contributed by atoms with E-state index in [9.17, 15) is 19.2 Å². The normalized spacial score (nSPS) is 12.6. The Morgan fingerprint density at radius 2 is 1.87 bits per heavy atom. The molecule has 1 aliphatic heterocycles. The molecule has 0 unspecified atom stereocenters. The highest BCUT2D eigenvalue weighted by Crippen LogP contribution is 2.34. The third-order valence-electron chi connectivity index (χ3n) is 4.77. The minimum absolute atomic E-state index is 0.00754. The van der Waals surface area contributed by atoms with Crippen LogP contribution in [-0.2, 0) is 25.6 Å². The number of hydrogen-bond acceptors (Lipinski definition) is 7. The van der Waals surface area contributed by atoms with E-state index in [2.05, 4.69) is 0 Å². The van der Waals surface area contributed by atoms with Crippen LogP contribution in [0.3, 0.4) is 0 Å². The minimum Gasteiger partial charge on any atom is -0.482 e. The van der Waals surface area contributed by atoms with Crippen LogP contribution >= 0.6 is 0 Å². The van der Waals surface area contributed by atoms with E-state index in [-0.39, 0.29) is 44.3 Å². The zero-order chi connectivity index (χ0) is 22.4. The zero-order valence-electron chi connectivity index (χ0n) is 17.4. The summed E-state index contributed by atoms with van der Waals surface area (Å²) < 4.78 is 15.1. The molecule has 0 radical (unpaired) electrons. The van der Waals surface area contributed by atoms with Crippen LogP contribution in [0.4, 0.5) is 5.69 Å². The highest BCUT2D eigenvalue weighted by Gasteiger charge is 2.27. The van der Waals surface area contributed by atoms with Crippen LogP contribution in [0.15, 0.2) is 42.5 Å². The van der Waals surface area contributed by atoms with Gasteiger partial charge in [-0.15, -0.1) is 0 Å². The van der Waals surface area contributed by atoms with Crippen LogP contribution in [0.5, 0.6) is 5.75 Å². The molecule has 0 saturated heterocycles. The lowest BCUT2D eigenvalue weighted by atomic mass is 10.0. The SMILES string of the molecule is CCOC(=O)CCC(=O)c1ccc2c(c1)N(Cc1cccc(C(=O)OC)c1)C(=O)CO2. The van der Waals surface area contributed by atoms with Crippen molar-refractivity contribution in [2.24, 2.45) is 0 Å². The van der Waals surface area contributed by atoms with E-state index < -0.39 is 11.9 Å². The number of esters is 2. The van der Waals surface area contributed by atoms with Crippen molar-refractivity contribution in [3.8, 4) is 5.75 Å². The number of methoxy groups -OCH3 is 1. The van der Waals surface area contributed by atoms with Crippen molar-refractivity contribution in [2.45, 2.75) is 26.3 Å². The monoisotopic (exact) mass is 425 g/mol. The number of ether oxygens (including phenoxy) is 3. The van der Waals surface area contributed by atoms with Crippen molar-refractivity contribution >= 4 is 29.3 Å². The Kier molecular flexibility index (Phi) is 7.02. The predicted octanol–water partition coefficient (Wildman–Crippen LogP) is 2.92. The van der Waals surface area contributed by atoms with Gasteiger partial charge >= 0.3 is 11.9 Å². The van der Waals surface area contributed by atoms with Crippen molar-refractivity contribution in [1.29, 1.82) is 0 Å². The number of carbonyl (C=O) groups excluding carboxylic acids is 4. The van der Waals surface area contributed by atoms with Gasteiger partial charge in [0.15, 0.2) is 12.4 Å². The highest BCUT2D eigenvalue weighted by atomic mass is 16.5. The molecule has 0 aliphatic carbocycles. The average molecular weight is 425 g/mol. The van der Waals surface area contributed by atoms with Gasteiger partial charge in [-0.2, -0.15) is 0 Å². The van der Waals surface area contributed by atoms with E-state index in [0.717, 1.165) is 5.56 Å². The number of benzene rings is 2. The molecule has 162 valence electrons. The van der Waals surface area contributed by atoms with Crippen LogP contribution < -0.4 is 9.64 Å². The maximum Gasteiger partial charge on any atom is 0.337 e. The lowest BCUT2D eigenvalue weighted by Crippen LogP contribution is -2.38. The molecule has 1 aliphatic rings. The first-order valence-electron chi connectivity index (χ1n) is 9.86. The molecule has 1 heterocycles. The Balaban J connectivity index is 1.82. The number of Topliss-reactive ketones (excluding diaryl/α,β-unsaturated/α-hetero) is 1. The third kappa shape index (κ3) is 5.28. The average Bonchev–Trinajstić information content (AvgIpc) is 2.79. The Labute approximate surface area is 179 Å².